The molecule has 0 atom stereocenters. The number of thiazole rings is 1. The van der Waals surface area contributed by atoms with Gasteiger partial charge in [-0.1, -0.05) is 11.6 Å². The van der Waals surface area contributed by atoms with E-state index in [4.69, 9.17) is 11.6 Å². The molecule has 0 radical (unpaired) electrons. The Balaban J connectivity index is 1.34. The number of fused-ring (bicyclic) bond motifs is 3. The van der Waals surface area contributed by atoms with E-state index in [1.54, 1.807) is 53.7 Å². The van der Waals surface area contributed by atoms with E-state index in [9.17, 15) is 9.59 Å². The number of aromatic nitrogens is 3. The van der Waals surface area contributed by atoms with Crippen molar-refractivity contribution in [2.24, 2.45) is 0 Å². The second-order valence-corrected chi connectivity index (χ2v) is 9.70. The van der Waals surface area contributed by atoms with Crippen molar-refractivity contribution < 1.29 is 9.59 Å². The maximum atomic E-state index is 12.8. The third-order valence-electron chi connectivity index (χ3n) is 5.53. The minimum atomic E-state index is -0.147. The molecule has 0 saturated carbocycles. The van der Waals surface area contributed by atoms with Gasteiger partial charge in [-0.25, -0.2) is 15.0 Å². The van der Waals surface area contributed by atoms with Gasteiger partial charge in [-0.2, -0.15) is 0 Å². The zero-order chi connectivity index (χ0) is 24.5. The molecule has 0 fully saturated rings. The number of nitrogens with zero attached hydrogens (tertiary/aromatic N) is 4. The molecule has 5 rings (SSSR count). The van der Waals surface area contributed by atoms with Crippen molar-refractivity contribution in [3.8, 4) is 11.3 Å². The van der Waals surface area contributed by atoms with E-state index in [0.29, 0.717) is 34.5 Å². The second-order valence-electron chi connectivity index (χ2n) is 8.20. The van der Waals surface area contributed by atoms with Crippen LogP contribution in [0.1, 0.15) is 26.6 Å². The predicted molar refractivity (Wildman–Crippen MR) is 137 cm³/mol. The highest BCUT2D eigenvalue weighted by molar-refractivity contribution is 7.09. The van der Waals surface area contributed by atoms with Gasteiger partial charge >= 0.3 is 0 Å². The summed E-state index contributed by atoms with van der Waals surface area (Å²) < 4.78 is 0. The Morgan fingerprint density at radius 3 is 2.74 bits per heavy atom. The number of nitrogens with one attached hydrogen (secondary N) is 2. The Bertz CT molecular complexity index is 1440. The fourth-order valence-corrected chi connectivity index (χ4v) is 4.64. The molecule has 1 aliphatic heterocycles. The highest BCUT2D eigenvalue weighted by Gasteiger charge is 2.21. The molecule has 176 valence electrons. The van der Waals surface area contributed by atoms with E-state index in [0.717, 1.165) is 27.5 Å². The summed E-state index contributed by atoms with van der Waals surface area (Å²) in [6.07, 6.45) is 1.83. The number of rotatable bonds is 5. The number of carbonyl (C=O) groups excluding carboxylic acids is 2. The number of halogens is 1. The lowest BCUT2D eigenvalue weighted by molar-refractivity contribution is -0.115. The molecule has 2 amide bonds. The van der Waals surface area contributed by atoms with Crippen LogP contribution in [0.3, 0.4) is 0 Å². The molecule has 2 aromatic carbocycles. The Kier molecular flexibility index (Phi) is 6.19. The minimum absolute atomic E-state index is 0.0871. The van der Waals surface area contributed by atoms with Gasteiger partial charge in [0.05, 0.1) is 35.0 Å². The first kappa shape index (κ1) is 22.9. The lowest BCUT2D eigenvalue weighted by Crippen LogP contribution is -2.26. The zero-order valence-electron chi connectivity index (χ0n) is 19.0. The van der Waals surface area contributed by atoms with Crippen molar-refractivity contribution >= 4 is 52.1 Å². The molecule has 2 aromatic heterocycles. The van der Waals surface area contributed by atoms with Crippen LogP contribution < -0.4 is 10.6 Å². The first-order valence-corrected chi connectivity index (χ1v) is 12.1. The van der Waals surface area contributed by atoms with E-state index < -0.39 is 0 Å². The summed E-state index contributed by atoms with van der Waals surface area (Å²) in [4.78, 5) is 40.2. The van der Waals surface area contributed by atoms with Crippen molar-refractivity contribution in [3.63, 3.8) is 0 Å². The maximum absolute atomic E-state index is 12.8. The molecule has 0 aliphatic carbocycles. The summed E-state index contributed by atoms with van der Waals surface area (Å²) >= 11 is 7.68. The molecule has 2 N–H and O–H groups in total. The molecule has 8 nitrogen and oxygen atoms in total. The van der Waals surface area contributed by atoms with E-state index >= 15 is 0 Å². The molecule has 4 aromatic rings. The topological polar surface area (TPSA) is 100 Å². The zero-order valence-corrected chi connectivity index (χ0v) is 20.6. The smallest absolute Gasteiger partial charge is 0.253 e. The fraction of sp³-hybridized carbons (Fsp3) is 0.160. The average Bonchev–Trinajstić information content (AvgIpc) is 3.18. The van der Waals surface area contributed by atoms with Crippen LogP contribution in [-0.4, -0.2) is 38.7 Å². The Hall–Kier alpha value is -3.82. The molecule has 3 heterocycles. The summed E-state index contributed by atoms with van der Waals surface area (Å²) in [5, 5.41) is 9.52. The normalized spacial score (nSPS) is 12.3. The first-order chi connectivity index (χ1) is 16.9. The number of aryl methyl sites for hydroxylation is 1. The Morgan fingerprint density at radius 2 is 2.00 bits per heavy atom. The molecule has 0 saturated heterocycles. The van der Waals surface area contributed by atoms with Gasteiger partial charge in [0.1, 0.15) is 0 Å². The predicted octanol–water partition coefficient (Wildman–Crippen LogP) is 5.07. The van der Waals surface area contributed by atoms with Crippen LogP contribution in [0.2, 0.25) is 5.02 Å². The summed E-state index contributed by atoms with van der Waals surface area (Å²) in [6, 6.07) is 12.4. The van der Waals surface area contributed by atoms with Gasteiger partial charge in [0.25, 0.3) is 5.91 Å². The second kappa shape index (κ2) is 9.44. The van der Waals surface area contributed by atoms with Gasteiger partial charge in [-0.15, -0.1) is 11.3 Å². The number of hydrogen-bond donors (Lipinski definition) is 2. The molecular formula is C25H21ClN6O2S. The van der Waals surface area contributed by atoms with Crippen LogP contribution in [0.5, 0.6) is 0 Å². The number of amides is 2. The number of hydrogen-bond acceptors (Lipinski definition) is 7. The van der Waals surface area contributed by atoms with E-state index in [1.807, 2.05) is 30.5 Å². The van der Waals surface area contributed by atoms with Crippen LogP contribution in [0.15, 0.2) is 54.0 Å². The van der Waals surface area contributed by atoms with Gasteiger partial charge in [0.2, 0.25) is 11.9 Å². The molecule has 10 heteroatoms. The molecule has 1 aliphatic rings. The van der Waals surface area contributed by atoms with Gasteiger partial charge in [-0.3, -0.25) is 9.59 Å². The van der Waals surface area contributed by atoms with Crippen molar-refractivity contribution in [1.29, 1.82) is 0 Å². The van der Waals surface area contributed by atoms with Gasteiger partial charge in [0, 0.05) is 46.0 Å². The van der Waals surface area contributed by atoms with Gasteiger partial charge < -0.3 is 15.5 Å². The maximum Gasteiger partial charge on any atom is 0.253 e. The number of benzene rings is 2. The minimum Gasteiger partial charge on any atom is -0.336 e. The van der Waals surface area contributed by atoms with Crippen LogP contribution in [-0.2, 0) is 17.8 Å². The average molecular weight is 505 g/mol. The summed E-state index contributed by atoms with van der Waals surface area (Å²) in [5.41, 5.74) is 4.97. The molecule has 35 heavy (non-hydrogen) atoms. The Morgan fingerprint density at radius 1 is 1.20 bits per heavy atom. The molecule has 0 bridgehead atoms. The van der Waals surface area contributed by atoms with Crippen molar-refractivity contribution in [2.75, 3.05) is 17.7 Å². The van der Waals surface area contributed by atoms with Crippen LogP contribution in [0.25, 0.3) is 11.3 Å². The summed E-state index contributed by atoms with van der Waals surface area (Å²) in [7, 11) is 1.76. The molecule has 0 spiro atoms. The van der Waals surface area contributed by atoms with Gasteiger partial charge in [-0.05, 0) is 49.4 Å². The van der Waals surface area contributed by atoms with Crippen molar-refractivity contribution in [3.05, 3.63) is 80.9 Å². The monoisotopic (exact) mass is 504 g/mol. The van der Waals surface area contributed by atoms with Crippen molar-refractivity contribution in [1.82, 2.24) is 19.9 Å². The fourth-order valence-electron chi connectivity index (χ4n) is 3.86. The van der Waals surface area contributed by atoms with Crippen LogP contribution in [0, 0.1) is 6.92 Å². The number of anilines is 3. The molecular weight excluding hydrogens is 484 g/mol. The SMILES string of the molecule is Cc1nc(CN(C)C(=O)c2ccc(Nc3ncc4c(n3)-c3ccc(Cl)cc3NC(=O)C4)cc2)cs1. The quantitative estimate of drug-likeness (QED) is 0.393. The third-order valence-corrected chi connectivity index (χ3v) is 6.58. The standard InChI is InChI=1S/C25H21ClN6O2S/c1-14-28-19(13-35-14)12-32(2)24(34)15-3-6-18(7-4-15)29-25-27-11-16-9-22(33)30-21-10-17(26)5-8-20(21)23(16)31-25/h3-8,10-11,13H,9,12H2,1-2H3,(H,30,33)(H,27,29,31). The highest BCUT2D eigenvalue weighted by atomic mass is 35.5. The summed E-state index contributed by atoms with van der Waals surface area (Å²) in [5.74, 6) is 0.150. The highest BCUT2D eigenvalue weighted by Crippen LogP contribution is 2.34. The number of carbonyl (C=O) groups is 2. The summed E-state index contributed by atoms with van der Waals surface area (Å²) in [6.45, 7) is 2.40. The van der Waals surface area contributed by atoms with Crippen molar-refractivity contribution in [2.45, 2.75) is 19.9 Å². The molecule has 0 unspecified atom stereocenters. The van der Waals surface area contributed by atoms with Crippen LogP contribution in [0.4, 0.5) is 17.3 Å². The van der Waals surface area contributed by atoms with Gasteiger partial charge in [0.15, 0.2) is 0 Å². The Labute approximate surface area is 211 Å². The van der Waals surface area contributed by atoms with Crippen LogP contribution >= 0.6 is 22.9 Å². The van der Waals surface area contributed by atoms with E-state index in [2.05, 4.69) is 25.6 Å². The van der Waals surface area contributed by atoms with E-state index in [-0.39, 0.29) is 18.2 Å². The lowest BCUT2D eigenvalue weighted by Gasteiger charge is -2.16. The third kappa shape index (κ3) is 5.01. The largest absolute Gasteiger partial charge is 0.336 e. The lowest BCUT2D eigenvalue weighted by atomic mass is 10.1. The van der Waals surface area contributed by atoms with E-state index in [1.165, 1.54) is 0 Å². The first-order valence-electron chi connectivity index (χ1n) is 10.8.